The van der Waals surface area contributed by atoms with E-state index in [2.05, 4.69) is 10.6 Å². The van der Waals surface area contributed by atoms with Crippen molar-refractivity contribution in [2.45, 2.75) is 44.9 Å². The van der Waals surface area contributed by atoms with Gasteiger partial charge in [0.2, 0.25) is 0 Å². The second-order valence-electron chi connectivity index (χ2n) is 10.7. The van der Waals surface area contributed by atoms with Gasteiger partial charge in [-0.2, -0.15) is 5.26 Å². The zero-order valence-electron chi connectivity index (χ0n) is 23.0. The van der Waals surface area contributed by atoms with E-state index in [1.54, 1.807) is 13.8 Å². The van der Waals surface area contributed by atoms with Crippen molar-refractivity contribution in [3.63, 3.8) is 0 Å². The minimum absolute atomic E-state index is 0.00297. The van der Waals surface area contributed by atoms with Gasteiger partial charge in [0, 0.05) is 43.2 Å². The molecule has 5 rings (SSSR count). The topological polar surface area (TPSA) is 138 Å². The van der Waals surface area contributed by atoms with Gasteiger partial charge in [-0.15, -0.1) is 0 Å². The molecule has 11 nitrogen and oxygen atoms in total. The van der Waals surface area contributed by atoms with Gasteiger partial charge in [0.05, 0.1) is 40.3 Å². The van der Waals surface area contributed by atoms with Crippen LogP contribution in [-0.2, 0) is 16.1 Å². The number of morpholine rings is 1. The van der Waals surface area contributed by atoms with E-state index in [1.165, 1.54) is 23.1 Å². The van der Waals surface area contributed by atoms with E-state index in [0.717, 1.165) is 21.3 Å². The van der Waals surface area contributed by atoms with Crippen LogP contribution in [0.15, 0.2) is 39.9 Å². The van der Waals surface area contributed by atoms with Gasteiger partial charge in [-0.1, -0.05) is 11.6 Å². The van der Waals surface area contributed by atoms with E-state index < -0.39 is 66.0 Å². The molecule has 1 saturated carbocycles. The molecule has 2 aromatic carbocycles. The number of alkyl halides is 2. The number of anilines is 2. The zero-order valence-corrected chi connectivity index (χ0v) is 23.8. The number of hydrogen-bond donors (Lipinski definition) is 2. The summed E-state index contributed by atoms with van der Waals surface area (Å²) < 4.78 is 49.8. The Labute approximate surface area is 247 Å². The molecule has 1 aliphatic carbocycles. The Morgan fingerprint density at radius 2 is 1.93 bits per heavy atom. The number of ether oxygens (including phenoxy) is 1. The van der Waals surface area contributed by atoms with Crippen LogP contribution in [0.3, 0.4) is 0 Å². The van der Waals surface area contributed by atoms with Crippen molar-refractivity contribution >= 4 is 45.8 Å². The zero-order chi connectivity index (χ0) is 31.2. The third-order valence-corrected chi connectivity index (χ3v) is 7.69. The highest BCUT2D eigenvalue weighted by Gasteiger charge is 2.57. The first-order valence-corrected chi connectivity index (χ1v) is 13.7. The molecule has 0 bridgehead atoms. The Morgan fingerprint density at radius 3 is 2.56 bits per heavy atom. The van der Waals surface area contributed by atoms with Gasteiger partial charge in [-0.25, -0.2) is 22.8 Å². The molecule has 1 aliphatic heterocycles. The van der Waals surface area contributed by atoms with Gasteiger partial charge in [0.1, 0.15) is 11.9 Å². The molecule has 3 amide bonds. The van der Waals surface area contributed by atoms with Gasteiger partial charge in [-0.05, 0) is 38.1 Å². The number of rotatable bonds is 6. The van der Waals surface area contributed by atoms with Crippen molar-refractivity contribution in [2.75, 3.05) is 30.3 Å². The van der Waals surface area contributed by atoms with Crippen molar-refractivity contribution in [1.29, 1.82) is 5.26 Å². The fourth-order valence-corrected chi connectivity index (χ4v) is 5.16. The van der Waals surface area contributed by atoms with E-state index in [-0.39, 0.29) is 46.9 Å². The molecule has 226 valence electrons. The summed E-state index contributed by atoms with van der Waals surface area (Å²) in [6.45, 7) is 2.66. The maximum absolute atomic E-state index is 15.2. The lowest BCUT2D eigenvalue weighted by atomic mass is 10.2. The van der Waals surface area contributed by atoms with Crippen molar-refractivity contribution in [3.8, 4) is 6.07 Å². The summed E-state index contributed by atoms with van der Waals surface area (Å²) in [6, 6.07) is 6.95. The van der Waals surface area contributed by atoms with Crippen molar-refractivity contribution in [2.24, 2.45) is 5.92 Å². The summed E-state index contributed by atoms with van der Waals surface area (Å²) in [7, 11) is 0. The van der Waals surface area contributed by atoms with E-state index in [4.69, 9.17) is 21.6 Å². The number of halogens is 4. The predicted octanol–water partition coefficient (Wildman–Crippen LogP) is 3.93. The number of carbonyl (C=O) groups excluding carboxylic acids is 2. The van der Waals surface area contributed by atoms with Gasteiger partial charge < -0.3 is 20.3 Å². The van der Waals surface area contributed by atoms with Crippen LogP contribution in [0, 0.1) is 23.1 Å². The lowest BCUT2D eigenvalue weighted by Gasteiger charge is -2.32. The fraction of sp³-hybridized carbons (Fsp3) is 0.393. The van der Waals surface area contributed by atoms with Crippen LogP contribution in [0.1, 0.15) is 31.9 Å². The Balaban J connectivity index is 1.36. The van der Waals surface area contributed by atoms with E-state index in [1.807, 2.05) is 6.07 Å². The summed E-state index contributed by atoms with van der Waals surface area (Å²) >= 11 is 6.01. The Hall–Kier alpha value is -4.35. The van der Waals surface area contributed by atoms with Crippen molar-refractivity contribution in [1.82, 2.24) is 14.0 Å². The van der Waals surface area contributed by atoms with Crippen LogP contribution >= 0.6 is 11.6 Å². The van der Waals surface area contributed by atoms with E-state index >= 15 is 4.39 Å². The number of amides is 3. The molecular formula is C28H26ClF3N6O5. The molecule has 43 heavy (non-hydrogen) atoms. The molecule has 2 atom stereocenters. The average molecular weight is 619 g/mol. The monoisotopic (exact) mass is 618 g/mol. The third kappa shape index (κ3) is 5.95. The molecular weight excluding hydrogens is 593 g/mol. The Morgan fingerprint density at radius 1 is 1.21 bits per heavy atom. The Kier molecular flexibility index (Phi) is 7.97. The van der Waals surface area contributed by atoms with Gasteiger partial charge in [0.15, 0.2) is 6.10 Å². The van der Waals surface area contributed by atoms with Gasteiger partial charge in [-0.3, -0.25) is 18.7 Å². The molecule has 2 fully saturated rings. The molecule has 2 aliphatic rings. The summed E-state index contributed by atoms with van der Waals surface area (Å²) in [6.07, 6.45) is -1.52. The van der Waals surface area contributed by atoms with Crippen LogP contribution in [-0.4, -0.2) is 57.7 Å². The molecule has 15 heteroatoms. The fourth-order valence-electron chi connectivity index (χ4n) is 4.94. The first kappa shape index (κ1) is 30.1. The first-order valence-electron chi connectivity index (χ1n) is 13.3. The smallest absolute Gasteiger partial charge is 0.331 e. The van der Waals surface area contributed by atoms with Gasteiger partial charge >= 0.3 is 11.7 Å². The van der Waals surface area contributed by atoms with Crippen molar-refractivity contribution < 1.29 is 27.5 Å². The summed E-state index contributed by atoms with van der Waals surface area (Å²) in [5.41, 5.74) is -1.56. The van der Waals surface area contributed by atoms with Crippen LogP contribution in [0.25, 0.3) is 10.9 Å². The number of nitrogens with one attached hydrogen (secondary N) is 2. The van der Waals surface area contributed by atoms with Crippen LogP contribution in [0.5, 0.6) is 0 Å². The summed E-state index contributed by atoms with van der Waals surface area (Å²) in [5, 5.41) is 14.0. The highest BCUT2D eigenvalue weighted by Crippen LogP contribution is 2.49. The lowest BCUT2D eigenvalue weighted by molar-refractivity contribution is -0.131. The second-order valence-corrected chi connectivity index (χ2v) is 11.1. The Bertz CT molecular complexity index is 1800. The maximum atomic E-state index is 15.2. The molecule has 1 aromatic heterocycles. The molecule has 0 spiro atoms. The standard InChI is InChI=1S/C28H26ClF3N6O5/c1-14(2)38-22-9-20(30)21(8-18(22)25(40)37(27(38)42)12-16-10-28(16,31)32)35-26(41)36-5-6-43-23(13-36)24(39)34-17-4-3-15(11-33)19(29)7-17/h3-4,7-9,14,16,23H,5-6,10,12-13H2,1-2H3,(H,34,39)(H,35,41)/t16?,23-/m1/s1. The molecule has 1 saturated heterocycles. The quantitative estimate of drug-likeness (QED) is 0.429. The third-order valence-electron chi connectivity index (χ3n) is 7.38. The molecule has 0 radical (unpaired) electrons. The van der Waals surface area contributed by atoms with Gasteiger partial charge in [0.25, 0.3) is 17.4 Å². The normalized spacial score (nSPS) is 19.3. The molecule has 1 unspecified atom stereocenters. The number of nitriles is 1. The number of hydrogen-bond acceptors (Lipinski definition) is 6. The highest BCUT2D eigenvalue weighted by molar-refractivity contribution is 6.32. The van der Waals surface area contributed by atoms with E-state index in [0.29, 0.717) is 5.69 Å². The van der Waals surface area contributed by atoms with Crippen LogP contribution < -0.4 is 21.9 Å². The number of nitrogens with zero attached hydrogens (tertiary/aromatic N) is 4. The highest BCUT2D eigenvalue weighted by atomic mass is 35.5. The second kappa shape index (κ2) is 11.4. The molecule has 2 N–H and O–H groups in total. The number of fused-ring (bicyclic) bond motifs is 1. The number of carbonyl (C=O) groups is 2. The minimum atomic E-state index is -2.96. The van der Waals surface area contributed by atoms with Crippen LogP contribution in [0.2, 0.25) is 5.02 Å². The first-order chi connectivity index (χ1) is 20.3. The summed E-state index contributed by atoms with van der Waals surface area (Å²) in [5.74, 6) is -5.63. The van der Waals surface area contributed by atoms with Crippen LogP contribution in [0.4, 0.5) is 29.3 Å². The number of benzene rings is 2. The molecule has 2 heterocycles. The minimum Gasteiger partial charge on any atom is -0.365 e. The lowest BCUT2D eigenvalue weighted by Crippen LogP contribution is -2.51. The maximum Gasteiger partial charge on any atom is 0.331 e. The van der Waals surface area contributed by atoms with E-state index in [9.17, 15) is 28.0 Å². The SMILES string of the molecule is CC(C)n1c(=O)n(CC2CC2(F)F)c(=O)c2cc(NC(=O)N3CCO[C@@H](C(=O)Nc4ccc(C#N)c(Cl)c4)C3)c(F)cc21. The molecule has 3 aromatic rings. The predicted molar refractivity (Wildman–Crippen MR) is 151 cm³/mol. The van der Waals surface area contributed by atoms with Crippen molar-refractivity contribution in [3.05, 3.63) is 67.6 Å². The summed E-state index contributed by atoms with van der Waals surface area (Å²) in [4.78, 5) is 53.4. The number of aromatic nitrogens is 2. The largest absolute Gasteiger partial charge is 0.365 e. The average Bonchev–Trinajstić information content (AvgIpc) is 3.57. The number of urea groups is 1.